The van der Waals surface area contributed by atoms with E-state index in [4.69, 9.17) is 24.9 Å². The Kier molecular flexibility index (Phi) is 11.4. The molecule has 0 saturated carbocycles. The quantitative estimate of drug-likeness (QED) is 0.144. The molecule has 0 heterocycles. The van der Waals surface area contributed by atoms with Crippen molar-refractivity contribution in [3.05, 3.63) is 0 Å². The Hall–Kier alpha value is 0.830. The number of aliphatic hydroxyl groups excluding tert-OH is 5. The van der Waals surface area contributed by atoms with Gasteiger partial charge in [0.15, 0.2) is 6.10 Å². The fraction of sp³-hybridized carbons (Fsp3) is 0.833. The summed E-state index contributed by atoms with van der Waals surface area (Å²) in [5.41, 5.74) is 0. The van der Waals surface area contributed by atoms with Gasteiger partial charge < -0.3 is 42.7 Å². The van der Waals surface area contributed by atoms with E-state index in [0.29, 0.717) is 0 Å². The third-order valence-corrected chi connectivity index (χ3v) is 4.00. The van der Waals surface area contributed by atoms with Crippen LogP contribution in [0.25, 0.3) is 0 Å². The number of carbonyl (C=O) groups is 1. The number of hydrogen-bond donors (Lipinski definition) is 8. The molecule has 0 amide bonds. The summed E-state index contributed by atoms with van der Waals surface area (Å²) in [7, 11) is -11.1. The number of carbonyl (C=O) groups excluding carboxylic acids is 1. The van der Waals surface area contributed by atoms with Crippen LogP contribution in [0.1, 0.15) is 2.85 Å². The second-order valence-corrected chi connectivity index (χ2v) is 6.38. The molecule has 8 N–H and O–H groups in total. The van der Waals surface area contributed by atoms with E-state index in [0.717, 1.165) is 0 Å². The topological polar surface area (TPSA) is 232 Å². The Bertz CT molecular complexity index is 460. The van der Waals surface area contributed by atoms with Crippen LogP contribution in [0.15, 0.2) is 0 Å². The molecular formula is C6H16CaO13P2. The van der Waals surface area contributed by atoms with E-state index in [1.807, 2.05) is 0 Å². The van der Waals surface area contributed by atoms with Gasteiger partial charge in [0.05, 0.1) is 6.61 Å². The molecule has 13 nitrogen and oxygen atoms in total. The van der Waals surface area contributed by atoms with Gasteiger partial charge in [-0.1, -0.05) is 0 Å². The number of hydrogen-bond acceptors (Lipinski definition) is 10. The van der Waals surface area contributed by atoms with Gasteiger partial charge in [-0.25, -0.2) is 13.9 Å². The minimum Gasteiger partial charge on any atom is -1.00 e. The largest absolute Gasteiger partial charge is 2.00 e. The fourth-order valence-electron chi connectivity index (χ4n) is 0.981. The van der Waals surface area contributed by atoms with E-state index < -0.39 is 52.6 Å². The minimum absolute atomic E-state index is 0. The fourth-order valence-corrected chi connectivity index (χ4v) is 2.52. The molecule has 0 aliphatic rings. The Morgan fingerprint density at radius 1 is 1.05 bits per heavy atom. The predicted molar refractivity (Wildman–Crippen MR) is 68.1 cm³/mol. The van der Waals surface area contributed by atoms with Crippen molar-refractivity contribution in [3.63, 3.8) is 0 Å². The average Bonchev–Trinajstić information content (AvgIpc) is 2.31. The Morgan fingerprint density at radius 3 is 1.86 bits per heavy atom. The monoisotopic (exact) mass is 398 g/mol. The normalized spacial score (nSPS) is 20.0. The third kappa shape index (κ3) is 9.20. The number of phosphoric acid groups is 2. The molecule has 0 aliphatic carbocycles. The third-order valence-electron chi connectivity index (χ3n) is 1.91. The molecule has 0 bridgehead atoms. The van der Waals surface area contributed by atoms with Gasteiger partial charge in [0, 0.05) is 0 Å². The van der Waals surface area contributed by atoms with Gasteiger partial charge in [0.25, 0.3) is 0 Å². The van der Waals surface area contributed by atoms with Crippen LogP contribution in [0, 0.1) is 0 Å². The molecule has 0 saturated heterocycles. The van der Waals surface area contributed by atoms with E-state index in [-0.39, 0.29) is 40.6 Å². The van der Waals surface area contributed by atoms with Crippen molar-refractivity contribution in [3.8, 4) is 0 Å². The van der Waals surface area contributed by atoms with Crippen molar-refractivity contribution in [1.29, 1.82) is 0 Å². The van der Waals surface area contributed by atoms with E-state index in [1.165, 1.54) is 0 Å². The molecule has 1 unspecified atom stereocenters. The summed E-state index contributed by atoms with van der Waals surface area (Å²) in [6.07, 6.45) is -9.29. The van der Waals surface area contributed by atoms with E-state index in [9.17, 15) is 29.2 Å². The molecule has 0 radical (unpaired) electrons. The number of phosphoric ester groups is 1. The molecule has 22 heavy (non-hydrogen) atoms. The molecule has 0 spiro atoms. The first-order chi connectivity index (χ1) is 9.30. The van der Waals surface area contributed by atoms with Crippen LogP contribution in [0.2, 0.25) is 0 Å². The molecule has 0 aromatic heterocycles. The minimum atomic E-state index is -5.60. The van der Waals surface area contributed by atoms with Crippen molar-refractivity contribution in [2.45, 2.75) is 24.4 Å². The Labute approximate surface area is 155 Å². The molecule has 0 aromatic rings. The average molecular weight is 398 g/mol. The standard InChI is InChI=1S/C6H14O13P2.Ca.2H/c7-1-2(8)3(9)4(10)5(11)6(12)18-21(16,17)19-20(13,14)15;;;/h2-5,7-11H,1H2,(H,16,17)(H2,13,14,15);;;/q;+2;2*-1/t2-,3-,4+,5-;;;/m1.../s1. The number of aliphatic hydroxyl groups is 5. The van der Waals surface area contributed by atoms with Crippen LogP contribution >= 0.6 is 15.6 Å². The van der Waals surface area contributed by atoms with Crippen LogP contribution in [0.5, 0.6) is 0 Å². The maximum Gasteiger partial charge on any atom is 2.00 e. The van der Waals surface area contributed by atoms with Gasteiger partial charge >= 0.3 is 59.4 Å². The van der Waals surface area contributed by atoms with Crippen molar-refractivity contribution in [2.75, 3.05) is 6.61 Å². The first-order valence-electron chi connectivity index (χ1n) is 4.97. The van der Waals surface area contributed by atoms with E-state index in [2.05, 4.69) is 8.83 Å². The van der Waals surface area contributed by atoms with Crippen molar-refractivity contribution in [1.82, 2.24) is 0 Å². The maximum atomic E-state index is 11.1. The summed E-state index contributed by atoms with van der Waals surface area (Å²) in [5.74, 6) is -2.08. The number of rotatable bonds is 8. The summed E-state index contributed by atoms with van der Waals surface area (Å²) in [6.45, 7) is -1.04. The summed E-state index contributed by atoms with van der Waals surface area (Å²) in [5, 5.41) is 45.1. The second kappa shape index (κ2) is 9.96. The van der Waals surface area contributed by atoms with E-state index >= 15 is 0 Å². The van der Waals surface area contributed by atoms with Gasteiger partial charge in [-0.05, 0) is 0 Å². The Balaban J connectivity index is -0.000000667. The molecule has 5 atom stereocenters. The van der Waals surface area contributed by atoms with E-state index in [1.54, 1.807) is 0 Å². The van der Waals surface area contributed by atoms with Gasteiger partial charge in [-0.2, -0.15) is 4.31 Å². The zero-order valence-electron chi connectivity index (χ0n) is 12.7. The molecule has 0 aromatic carbocycles. The zero-order chi connectivity index (χ0) is 17.0. The van der Waals surface area contributed by atoms with Crippen LogP contribution in [-0.2, 0) is 22.8 Å². The summed E-state index contributed by atoms with van der Waals surface area (Å²) < 4.78 is 28.1. The van der Waals surface area contributed by atoms with Crippen LogP contribution in [0.4, 0.5) is 0 Å². The van der Waals surface area contributed by atoms with Crippen LogP contribution in [-0.4, -0.2) is 115 Å². The van der Waals surface area contributed by atoms with Crippen molar-refractivity contribution in [2.24, 2.45) is 0 Å². The van der Waals surface area contributed by atoms with Crippen LogP contribution in [0.3, 0.4) is 0 Å². The van der Waals surface area contributed by atoms with Gasteiger partial charge in [-0.15, -0.1) is 0 Å². The summed E-state index contributed by atoms with van der Waals surface area (Å²) in [6, 6.07) is 0. The second-order valence-electron chi connectivity index (χ2n) is 3.63. The van der Waals surface area contributed by atoms with Crippen LogP contribution < -0.4 is 0 Å². The predicted octanol–water partition coefficient (Wildman–Crippen LogP) is -3.98. The molecule has 0 aliphatic heterocycles. The van der Waals surface area contributed by atoms with Gasteiger partial charge in [-0.3, -0.25) is 4.89 Å². The molecule has 16 heteroatoms. The van der Waals surface area contributed by atoms with Gasteiger partial charge in [0.1, 0.15) is 18.3 Å². The molecule has 130 valence electrons. The summed E-state index contributed by atoms with van der Waals surface area (Å²) in [4.78, 5) is 36.5. The SMILES string of the molecule is O=C(OP(=O)(O)OP(=O)(O)O)[C@H](O)[C@@H](O)[C@H](O)[C@H](O)CO.[Ca+2].[H-].[H-]. The van der Waals surface area contributed by atoms with Crippen molar-refractivity contribution >= 4 is 59.4 Å². The first kappa shape index (κ1) is 25.1. The first-order valence-corrected chi connectivity index (χ1v) is 7.99. The van der Waals surface area contributed by atoms with Crippen molar-refractivity contribution < 1.29 is 65.8 Å². The summed E-state index contributed by atoms with van der Waals surface area (Å²) >= 11 is 0. The smallest absolute Gasteiger partial charge is 1.00 e. The Morgan fingerprint density at radius 2 is 1.50 bits per heavy atom. The zero-order valence-corrected chi connectivity index (χ0v) is 14.7. The molecular weight excluding hydrogens is 382 g/mol. The molecule has 0 fully saturated rings. The maximum absolute atomic E-state index is 11.1. The molecule has 0 rings (SSSR count). The van der Waals surface area contributed by atoms with Gasteiger partial charge in [0.2, 0.25) is 0 Å².